The van der Waals surface area contributed by atoms with Crippen molar-refractivity contribution >= 4 is 22.9 Å². The summed E-state index contributed by atoms with van der Waals surface area (Å²) in [5.41, 5.74) is 4.81. The zero-order valence-corrected chi connectivity index (χ0v) is 20.8. The Hall–Kier alpha value is -3.00. The second kappa shape index (κ2) is 9.93. The first-order valence-corrected chi connectivity index (χ1v) is 13.6. The van der Waals surface area contributed by atoms with Gasteiger partial charge in [-0.2, -0.15) is 0 Å². The number of rotatable bonds is 3. The highest BCUT2D eigenvalue weighted by atomic mass is 16.5. The van der Waals surface area contributed by atoms with E-state index in [9.17, 15) is 0 Å². The van der Waals surface area contributed by atoms with E-state index in [-0.39, 0.29) is 0 Å². The van der Waals surface area contributed by atoms with E-state index in [1.54, 1.807) is 0 Å². The van der Waals surface area contributed by atoms with E-state index in [1.807, 2.05) is 0 Å². The molecule has 6 rings (SSSR count). The van der Waals surface area contributed by atoms with Crippen molar-refractivity contribution in [2.75, 3.05) is 13.2 Å². The fraction of sp³-hybridized carbons (Fsp3) is 0.394. The summed E-state index contributed by atoms with van der Waals surface area (Å²) < 4.78 is 13.4. The molecular weight excluding hydrogens is 428 g/mol. The topological polar surface area (TPSA) is 18.5 Å². The molecule has 0 bridgehead atoms. The summed E-state index contributed by atoms with van der Waals surface area (Å²) in [5, 5.41) is 2.46. The molecule has 3 aliphatic rings. The maximum absolute atomic E-state index is 6.72. The number of allylic oxidation sites excluding steroid dienone is 2. The van der Waals surface area contributed by atoms with Crippen molar-refractivity contribution in [2.24, 2.45) is 17.8 Å². The van der Waals surface area contributed by atoms with Crippen LogP contribution in [0.1, 0.15) is 63.0 Å². The van der Waals surface area contributed by atoms with Crippen molar-refractivity contribution in [1.29, 1.82) is 0 Å². The molecule has 180 valence electrons. The fourth-order valence-electron chi connectivity index (χ4n) is 6.48. The molecule has 1 saturated carbocycles. The lowest BCUT2D eigenvalue weighted by Gasteiger charge is -2.33. The standard InChI is InChI=1S/C33H36O2/c1-2-8-23-13-15-24(16-14-23)27-21-34-30-19-17-25-9-4-3-5-11-28(25)32(30)33-29-12-7-6-10-26(29)18-20-31(33)35-22-27/h4-7,9-12,17-20,23-24,27H,2-3,8,13-16,21-22H2,1H3. The second-order valence-corrected chi connectivity index (χ2v) is 10.6. The predicted molar refractivity (Wildman–Crippen MR) is 147 cm³/mol. The summed E-state index contributed by atoms with van der Waals surface area (Å²) in [7, 11) is 0. The Bertz CT molecular complexity index is 1260. The van der Waals surface area contributed by atoms with Crippen molar-refractivity contribution in [1.82, 2.24) is 0 Å². The van der Waals surface area contributed by atoms with Crippen LogP contribution in [0.15, 0.2) is 60.7 Å². The minimum Gasteiger partial charge on any atom is -0.492 e. The first-order chi connectivity index (χ1) is 17.3. The van der Waals surface area contributed by atoms with Gasteiger partial charge in [-0.25, -0.2) is 0 Å². The van der Waals surface area contributed by atoms with E-state index in [4.69, 9.17) is 9.47 Å². The highest BCUT2D eigenvalue weighted by Crippen LogP contribution is 2.47. The molecule has 0 N–H and O–H groups in total. The summed E-state index contributed by atoms with van der Waals surface area (Å²) in [6, 6.07) is 17.4. The average molecular weight is 465 g/mol. The van der Waals surface area contributed by atoms with Crippen LogP contribution < -0.4 is 9.47 Å². The highest BCUT2D eigenvalue weighted by Gasteiger charge is 2.31. The summed E-state index contributed by atoms with van der Waals surface area (Å²) in [4.78, 5) is 0. The van der Waals surface area contributed by atoms with Crippen LogP contribution in [0, 0.1) is 17.8 Å². The van der Waals surface area contributed by atoms with Crippen LogP contribution in [-0.2, 0) is 0 Å². The van der Waals surface area contributed by atoms with Gasteiger partial charge in [-0.15, -0.1) is 0 Å². The molecule has 1 atom stereocenters. The van der Waals surface area contributed by atoms with Gasteiger partial charge in [0.05, 0.1) is 13.2 Å². The Labute approximate surface area is 209 Å². The third-order valence-electron chi connectivity index (χ3n) is 8.40. The van der Waals surface area contributed by atoms with E-state index in [2.05, 4.69) is 79.8 Å². The molecule has 0 amide bonds. The average Bonchev–Trinajstić information content (AvgIpc) is 3.10. The van der Waals surface area contributed by atoms with Gasteiger partial charge in [0.1, 0.15) is 11.5 Å². The van der Waals surface area contributed by atoms with Gasteiger partial charge in [-0.1, -0.05) is 93.3 Å². The van der Waals surface area contributed by atoms with Gasteiger partial charge in [-0.3, -0.25) is 0 Å². The number of hydrogen-bond donors (Lipinski definition) is 0. The lowest BCUT2D eigenvalue weighted by Crippen LogP contribution is -2.30. The molecule has 0 spiro atoms. The molecule has 0 aromatic heterocycles. The molecule has 2 aliphatic carbocycles. The highest BCUT2D eigenvalue weighted by molar-refractivity contribution is 6.04. The zero-order valence-electron chi connectivity index (χ0n) is 20.8. The normalized spacial score (nSPS) is 23.5. The summed E-state index contributed by atoms with van der Waals surface area (Å²) >= 11 is 0. The Morgan fingerprint density at radius 2 is 1.49 bits per heavy atom. The summed E-state index contributed by atoms with van der Waals surface area (Å²) in [5.74, 6) is 3.97. The van der Waals surface area contributed by atoms with Crippen LogP contribution in [0.4, 0.5) is 0 Å². The molecule has 0 saturated heterocycles. The van der Waals surface area contributed by atoms with Crippen LogP contribution in [0.2, 0.25) is 0 Å². The number of hydrogen-bond acceptors (Lipinski definition) is 2. The van der Waals surface area contributed by atoms with Crippen molar-refractivity contribution in [2.45, 2.75) is 51.9 Å². The molecule has 1 aliphatic heterocycles. The van der Waals surface area contributed by atoms with Gasteiger partial charge in [0, 0.05) is 17.0 Å². The molecule has 2 nitrogen and oxygen atoms in total. The predicted octanol–water partition coefficient (Wildman–Crippen LogP) is 8.93. The number of ether oxygens (including phenoxy) is 2. The lowest BCUT2D eigenvalue weighted by atomic mass is 9.75. The minimum absolute atomic E-state index is 0.414. The number of benzene rings is 3. The molecule has 35 heavy (non-hydrogen) atoms. The van der Waals surface area contributed by atoms with E-state index in [1.165, 1.54) is 71.6 Å². The SMILES string of the molecule is CCCC1CCC(C2COc3ccc4c(c3-c3c(ccc5ccccc35)OC2)C=CCC=C4)CC1. The van der Waals surface area contributed by atoms with E-state index in [0.717, 1.165) is 37.1 Å². The largest absolute Gasteiger partial charge is 0.492 e. The second-order valence-electron chi connectivity index (χ2n) is 10.6. The monoisotopic (exact) mass is 464 g/mol. The third-order valence-corrected chi connectivity index (χ3v) is 8.40. The third kappa shape index (κ3) is 4.40. The van der Waals surface area contributed by atoms with E-state index < -0.39 is 0 Å². The maximum atomic E-state index is 6.72. The van der Waals surface area contributed by atoms with Gasteiger partial charge in [0.25, 0.3) is 0 Å². The maximum Gasteiger partial charge on any atom is 0.127 e. The van der Waals surface area contributed by atoms with Crippen molar-refractivity contribution in [3.63, 3.8) is 0 Å². The van der Waals surface area contributed by atoms with Crippen molar-refractivity contribution in [3.05, 3.63) is 71.8 Å². The Balaban J connectivity index is 1.44. The zero-order chi connectivity index (χ0) is 23.6. The molecule has 3 aromatic rings. The van der Waals surface area contributed by atoms with Gasteiger partial charge in [0.15, 0.2) is 0 Å². The molecule has 3 aromatic carbocycles. The van der Waals surface area contributed by atoms with Crippen LogP contribution in [-0.4, -0.2) is 13.2 Å². The Kier molecular flexibility index (Phi) is 6.37. The Morgan fingerprint density at radius 3 is 2.31 bits per heavy atom. The summed E-state index contributed by atoms with van der Waals surface area (Å²) in [6.07, 6.45) is 18.0. The minimum atomic E-state index is 0.414. The summed E-state index contributed by atoms with van der Waals surface area (Å²) in [6.45, 7) is 3.76. The van der Waals surface area contributed by atoms with Gasteiger partial charge >= 0.3 is 0 Å². The first kappa shape index (κ1) is 22.5. The lowest BCUT2D eigenvalue weighted by molar-refractivity contribution is 0.0982. The first-order valence-electron chi connectivity index (χ1n) is 13.6. The Morgan fingerprint density at radius 1 is 0.743 bits per heavy atom. The van der Waals surface area contributed by atoms with Crippen molar-refractivity contribution < 1.29 is 9.47 Å². The van der Waals surface area contributed by atoms with Crippen molar-refractivity contribution in [3.8, 4) is 22.6 Å². The fourth-order valence-corrected chi connectivity index (χ4v) is 6.48. The quantitative estimate of drug-likeness (QED) is 0.385. The molecule has 1 heterocycles. The molecule has 0 radical (unpaired) electrons. The molecule has 1 fully saturated rings. The van der Waals surface area contributed by atoms with Crippen LogP contribution in [0.3, 0.4) is 0 Å². The molecule has 1 unspecified atom stereocenters. The van der Waals surface area contributed by atoms with Gasteiger partial charge in [0.2, 0.25) is 0 Å². The smallest absolute Gasteiger partial charge is 0.127 e. The van der Waals surface area contributed by atoms with Crippen LogP contribution in [0.5, 0.6) is 11.5 Å². The van der Waals surface area contributed by atoms with Gasteiger partial charge in [-0.05, 0) is 65.1 Å². The van der Waals surface area contributed by atoms with Crippen LogP contribution in [0.25, 0.3) is 34.1 Å². The van der Waals surface area contributed by atoms with Crippen LogP contribution >= 0.6 is 0 Å². The number of fused-ring (bicyclic) bond motifs is 7. The van der Waals surface area contributed by atoms with Gasteiger partial charge < -0.3 is 9.47 Å². The van der Waals surface area contributed by atoms with E-state index >= 15 is 0 Å². The molecule has 2 heteroatoms. The molecular formula is C33H36O2. The van der Waals surface area contributed by atoms with E-state index in [0.29, 0.717) is 11.8 Å².